The lowest BCUT2D eigenvalue weighted by atomic mass is 10.1. The van der Waals surface area contributed by atoms with E-state index in [0.29, 0.717) is 16.5 Å². The van der Waals surface area contributed by atoms with Gasteiger partial charge in [-0.15, -0.1) is 12.6 Å². The first-order valence-corrected chi connectivity index (χ1v) is 6.82. The van der Waals surface area contributed by atoms with Crippen molar-refractivity contribution in [2.45, 2.75) is 11.3 Å². The second-order valence-electron chi connectivity index (χ2n) is 4.24. The van der Waals surface area contributed by atoms with Gasteiger partial charge in [0.15, 0.2) is 0 Å². The zero-order chi connectivity index (χ0) is 14.5. The SMILES string of the molecule is COc1ccc(Cl)cc1NC(=O)Cc1ccc(S)cc1. The number of carbonyl (C=O) groups is 1. The van der Waals surface area contributed by atoms with Crippen molar-refractivity contribution in [3.8, 4) is 5.75 Å². The molecule has 5 heteroatoms. The number of benzene rings is 2. The summed E-state index contributed by atoms with van der Waals surface area (Å²) in [6.07, 6.45) is 0.281. The lowest BCUT2D eigenvalue weighted by Crippen LogP contribution is -2.15. The Morgan fingerprint density at radius 3 is 2.60 bits per heavy atom. The first-order valence-electron chi connectivity index (χ1n) is 6.00. The normalized spacial score (nSPS) is 10.2. The van der Waals surface area contributed by atoms with Crippen LogP contribution in [0.15, 0.2) is 47.4 Å². The molecular weight excluding hydrogens is 294 g/mol. The highest BCUT2D eigenvalue weighted by atomic mass is 35.5. The number of rotatable bonds is 4. The van der Waals surface area contributed by atoms with E-state index in [9.17, 15) is 4.79 Å². The van der Waals surface area contributed by atoms with Crippen LogP contribution in [0.5, 0.6) is 5.75 Å². The standard InChI is InChI=1S/C15H14ClNO2S/c1-19-14-7-4-11(16)9-13(14)17-15(18)8-10-2-5-12(20)6-3-10/h2-7,9,20H,8H2,1H3,(H,17,18). The summed E-state index contributed by atoms with van der Waals surface area (Å²) < 4.78 is 5.18. The maximum absolute atomic E-state index is 12.0. The van der Waals surface area contributed by atoms with Gasteiger partial charge in [0.25, 0.3) is 0 Å². The molecule has 0 radical (unpaired) electrons. The van der Waals surface area contributed by atoms with Crippen molar-refractivity contribution in [3.05, 3.63) is 53.1 Å². The topological polar surface area (TPSA) is 38.3 Å². The van der Waals surface area contributed by atoms with Crippen molar-refractivity contribution in [2.24, 2.45) is 0 Å². The van der Waals surface area contributed by atoms with Crippen LogP contribution in [0.4, 0.5) is 5.69 Å². The third-order valence-electron chi connectivity index (χ3n) is 2.74. The smallest absolute Gasteiger partial charge is 0.228 e. The first-order chi connectivity index (χ1) is 9.58. The molecule has 2 aromatic carbocycles. The zero-order valence-electron chi connectivity index (χ0n) is 10.9. The minimum Gasteiger partial charge on any atom is -0.495 e. The van der Waals surface area contributed by atoms with Crippen molar-refractivity contribution >= 4 is 35.8 Å². The lowest BCUT2D eigenvalue weighted by Gasteiger charge is -2.10. The molecular formula is C15H14ClNO2S. The molecule has 0 aromatic heterocycles. The summed E-state index contributed by atoms with van der Waals surface area (Å²) in [5.41, 5.74) is 1.48. The second-order valence-corrected chi connectivity index (χ2v) is 5.19. The Hall–Kier alpha value is -1.65. The molecule has 2 aromatic rings. The summed E-state index contributed by atoms with van der Waals surface area (Å²) in [4.78, 5) is 12.9. The number of anilines is 1. The van der Waals surface area contributed by atoms with E-state index in [1.54, 1.807) is 25.3 Å². The minimum atomic E-state index is -0.127. The molecule has 3 nitrogen and oxygen atoms in total. The predicted octanol–water partition coefficient (Wildman–Crippen LogP) is 3.82. The molecule has 104 valence electrons. The average Bonchev–Trinajstić information content (AvgIpc) is 2.41. The first kappa shape index (κ1) is 14.8. The van der Waals surface area contributed by atoms with Gasteiger partial charge in [-0.3, -0.25) is 4.79 Å². The van der Waals surface area contributed by atoms with Gasteiger partial charge < -0.3 is 10.1 Å². The summed E-state index contributed by atoms with van der Waals surface area (Å²) in [6, 6.07) is 12.5. The molecule has 0 atom stereocenters. The highest BCUT2D eigenvalue weighted by Crippen LogP contribution is 2.27. The molecule has 0 aliphatic carbocycles. The van der Waals surface area contributed by atoms with E-state index < -0.39 is 0 Å². The second kappa shape index (κ2) is 6.68. The highest BCUT2D eigenvalue weighted by Gasteiger charge is 2.09. The molecule has 0 saturated carbocycles. The van der Waals surface area contributed by atoms with E-state index in [4.69, 9.17) is 16.3 Å². The van der Waals surface area contributed by atoms with Crippen LogP contribution >= 0.6 is 24.2 Å². The maximum atomic E-state index is 12.0. The number of carbonyl (C=O) groups excluding carboxylic acids is 1. The van der Waals surface area contributed by atoms with Gasteiger partial charge >= 0.3 is 0 Å². The number of hydrogen-bond donors (Lipinski definition) is 2. The van der Waals surface area contributed by atoms with Crippen molar-refractivity contribution in [1.29, 1.82) is 0 Å². The predicted molar refractivity (Wildman–Crippen MR) is 84.0 cm³/mol. The van der Waals surface area contributed by atoms with E-state index in [0.717, 1.165) is 10.5 Å². The van der Waals surface area contributed by atoms with Crippen LogP contribution in [0, 0.1) is 0 Å². The quantitative estimate of drug-likeness (QED) is 0.843. The van der Waals surface area contributed by atoms with Crippen LogP contribution in [0.3, 0.4) is 0 Å². The molecule has 0 spiro atoms. The van der Waals surface area contributed by atoms with Crippen LogP contribution in [0.1, 0.15) is 5.56 Å². The number of methoxy groups -OCH3 is 1. The fourth-order valence-corrected chi connectivity index (χ4v) is 2.09. The Morgan fingerprint density at radius 2 is 1.95 bits per heavy atom. The molecule has 0 unspecified atom stereocenters. The van der Waals surface area contributed by atoms with Gasteiger partial charge in [-0.2, -0.15) is 0 Å². The third-order valence-corrected chi connectivity index (χ3v) is 3.27. The van der Waals surface area contributed by atoms with Crippen LogP contribution in [-0.2, 0) is 11.2 Å². The Bertz CT molecular complexity index is 614. The van der Waals surface area contributed by atoms with E-state index in [2.05, 4.69) is 17.9 Å². The van der Waals surface area contributed by atoms with Gasteiger partial charge in [0.05, 0.1) is 19.2 Å². The van der Waals surface area contributed by atoms with Crippen molar-refractivity contribution in [1.82, 2.24) is 0 Å². The fraction of sp³-hybridized carbons (Fsp3) is 0.133. The van der Waals surface area contributed by atoms with E-state index >= 15 is 0 Å². The van der Waals surface area contributed by atoms with Gasteiger partial charge in [-0.05, 0) is 35.9 Å². The third kappa shape index (κ3) is 3.92. The Morgan fingerprint density at radius 1 is 1.25 bits per heavy atom. The number of thiol groups is 1. The molecule has 0 bridgehead atoms. The summed E-state index contributed by atoms with van der Waals surface area (Å²) in [7, 11) is 1.55. The molecule has 0 saturated heterocycles. The molecule has 20 heavy (non-hydrogen) atoms. The fourth-order valence-electron chi connectivity index (χ4n) is 1.77. The van der Waals surface area contributed by atoms with Gasteiger partial charge in [-0.1, -0.05) is 23.7 Å². The summed E-state index contributed by atoms with van der Waals surface area (Å²) in [5.74, 6) is 0.450. The van der Waals surface area contributed by atoms with Crippen LogP contribution in [0.25, 0.3) is 0 Å². The number of amides is 1. The van der Waals surface area contributed by atoms with E-state index in [-0.39, 0.29) is 12.3 Å². The van der Waals surface area contributed by atoms with E-state index in [1.165, 1.54) is 0 Å². The summed E-state index contributed by atoms with van der Waals surface area (Å²) in [5, 5.41) is 3.34. The summed E-state index contributed by atoms with van der Waals surface area (Å²) in [6.45, 7) is 0. The lowest BCUT2D eigenvalue weighted by molar-refractivity contribution is -0.115. The molecule has 2 rings (SSSR count). The highest BCUT2D eigenvalue weighted by molar-refractivity contribution is 7.80. The molecule has 1 N–H and O–H groups in total. The molecule has 0 aliphatic heterocycles. The van der Waals surface area contributed by atoms with Gasteiger partial charge in [0.1, 0.15) is 5.75 Å². The van der Waals surface area contributed by atoms with Crippen molar-refractivity contribution < 1.29 is 9.53 Å². The monoisotopic (exact) mass is 307 g/mol. The van der Waals surface area contributed by atoms with Crippen LogP contribution < -0.4 is 10.1 Å². The van der Waals surface area contributed by atoms with E-state index in [1.807, 2.05) is 24.3 Å². The van der Waals surface area contributed by atoms with Crippen LogP contribution in [-0.4, -0.2) is 13.0 Å². The Labute approximate surface area is 128 Å². The largest absolute Gasteiger partial charge is 0.495 e. The molecule has 0 aliphatic rings. The van der Waals surface area contributed by atoms with Crippen LogP contribution in [0.2, 0.25) is 5.02 Å². The number of hydrogen-bond acceptors (Lipinski definition) is 3. The molecule has 0 heterocycles. The molecule has 1 amide bonds. The Balaban J connectivity index is 2.08. The van der Waals surface area contributed by atoms with Crippen molar-refractivity contribution in [2.75, 3.05) is 12.4 Å². The minimum absolute atomic E-state index is 0.127. The maximum Gasteiger partial charge on any atom is 0.228 e. The average molecular weight is 308 g/mol. The van der Waals surface area contributed by atoms with Gasteiger partial charge in [0, 0.05) is 9.92 Å². The van der Waals surface area contributed by atoms with Gasteiger partial charge in [-0.25, -0.2) is 0 Å². The van der Waals surface area contributed by atoms with Gasteiger partial charge in [0.2, 0.25) is 5.91 Å². The Kier molecular flexibility index (Phi) is 4.93. The number of halogens is 1. The summed E-state index contributed by atoms with van der Waals surface area (Å²) >= 11 is 10.1. The zero-order valence-corrected chi connectivity index (χ0v) is 12.5. The molecule has 0 fully saturated rings. The van der Waals surface area contributed by atoms with Crippen molar-refractivity contribution in [3.63, 3.8) is 0 Å². The number of nitrogens with one attached hydrogen (secondary N) is 1. The number of ether oxygens (including phenoxy) is 1.